The molecule has 0 heterocycles. The molecule has 0 aliphatic rings. The summed E-state index contributed by atoms with van der Waals surface area (Å²) in [4.78, 5) is 26.3. The molecular weight excluding hydrogens is 258 g/mol. The molecule has 0 rings (SSSR count). The van der Waals surface area contributed by atoms with E-state index in [2.05, 4.69) is 24.1 Å². The molecule has 0 aliphatic heterocycles. The summed E-state index contributed by atoms with van der Waals surface area (Å²) in [7, 11) is 0. The molecule has 0 aromatic heterocycles. The molecule has 0 radical (unpaired) electrons. The predicted octanol–water partition coefficient (Wildman–Crippen LogP) is 1.47. The zero-order valence-corrected chi connectivity index (χ0v) is 13.2. The van der Waals surface area contributed by atoms with Gasteiger partial charge >= 0.3 is 12.0 Å². The topological polar surface area (TPSA) is 72.9 Å². The SMILES string of the molecule is CCN(CC)CCCNC(=O)N(CC(=O)O)CC(C)C. The lowest BCUT2D eigenvalue weighted by Crippen LogP contribution is -2.45. The average molecular weight is 287 g/mol. The molecular formula is C14H29N3O3. The zero-order valence-electron chi connectivity index (χ0n) is 13.2. The number of urea groups is 1. The number of aliphatic carboxylic acids is 1. The van der Waals surface area contributed by atoms with Gasteiger partial charge in [-0.25, -0.2) is 4.79 Å². The number of rotatable bonds is 10. The molecule has 0 aromatic carbocycles. The Bertz CT molecular complexity index is 291. The Labute approximate surface area is 122 Å². The Hall–Kier alpha value is -1.30. The van der Waals surface area contributed by atoms with Gasteiger partial charge in [0.2, 0.25) is 0 Å². The van der Waals surface area contributed by atoms with E-state index >= 15 is 0 Å². The highest BCUT2D eigenvalue weighted by Gasteiger charge is 2.17. The standard InChI is InChI=1S/C14H29N3O3/c1-5-16(6-2)9-7-8-15-14(20)17(10-12(3)4)11-13(18)19/h12H,5-11H2,1-4H3,(H,15,20)(H,18,19). The summed E-state index contributed by atoms with van der Waals surface area (Å²) in [6.07, 6.45) is 0.871. The first kappa shape index (κ1) is 18.7. The van der Waals surface area contributed by atoms with Gasteiger partial charge in [0.15, 0.2) is 0 Å². The molecule has 2 amide bonds. The van der Waals surface area contributed by atoms with Gasteiger partial charge in [-0.1, -0.05) is 27.7 Å². The van der Waals surface area contributed by atoms with Crippen LogP contribution in [-0.2, 0) is 4.79 Å². The molecule has 0 aromatic rings. The number of carbonyl (C=O) groups excluding carboxylic acids is 1. The van der Waals surface area contributed by atoms with E-state index in [0.29, 0.717) is 13.1 Å². The monoisotopic (exact) mass is 287 g/mol. The van der Waals surface area contributed by atoms with E-state index in [-0.39, 0.29) is 18.5 Å². The van der Waals surface area contributed by atoms with Crippen LogP contribution < -0.4 is 5.32 Å². The van der Waals surface area contributed by atoms with Crippen molar-refractivity contribution in [2.75, 3.05) is 39.3 Å². The van der Waals surface area contributed by atoms with Gasteiger partial charge in [0.25, 0.3) is 0 Å². The molecule has 0 atom stereocenters. The number of carboxylic acid groups (broad SMARTS) is 1. The third-order valence-electron chi connectivity index (χ3n) is 3.02. The van der Waals surface area contributed by atoms with Gasteiger partial charge in [0, 0.05) is 13.1 Å². The van der Waals surface area contributed by atoms with Gasteiger partial charge in [-0.3, -0.25) is 4.79 Å². The molecule has 0 fully saturated rings. The zero-order chi connectivity index (χ0) is 15.5. The summed E-state index contributed by atoms with van der Waals surface area (Å²) in [5, 5.41) is 11.6. The molecule has 2 N–H and O–H groups in total. The van der Waals surface area contributed by atoms with E-state index in [1.807, 2.05) is 13.8 Å². The maximum atomic E-state index is 11.9. The first-order valence-corrected chi connectivity index (χ1v) is 7.37. The van der Waals surface area contributed by atoms with Crippen LogP contribution in [0, 0.1) is 5.92 Å². The molecule has 0 saturated carbocycles. The summed E-state index contributed by atoms with van der Waals surface area (Å²) < 4.78 is 0. The van der Waals surface area contributed by atoms with Crippen LogP contribution in [0.1, 0.15) is 34.1 Å². The number of carboxylic acids is 1. The van der Waals surface area contributed by atoms with Gasteiger partial charge in [0.1, 0.15) is 6.54 Å². The number of nitrogens with one attached hydrogen (secondary N) is 1. The van der Waals surface area contributed by atoms with Gasteiger partial charge in [0.05, 0.1) is 0 Å². The lowest BCUT2D eigenvalue weighted by molar-refractivity contribution is -0.137. The maximum Gasteiger partial charge on any atom is 0.323 e. The van der Waals surface area contributed by atoms with Gasteiger partial charge < -0.3 is 20.2 Å². The minimum absolute atomic E-state index is 0.246. The van der Waals surface area contributed by atoms with Crippen LogP contribution in [0.3, 0.4) is 0 Å². The van der Waals surface area contributed by atoms with Crippen LogP contribution in [-0.4, -0.2) is 66.2 Å². The maximum absolute atomic E-state index is 11.9. The quantitative estimate of drug-likeness (QED) is 0.597. The number of nitrogens with zero attached hydrogens (tertiary/aromatic N) is 2. The lowest BCUT2D eigenvalue weighted by Gasteiger charge is -2.23. The third kappa shape index (κ3) is 8.74. The largest absolute Gasteiger partial charge is 0.480 e. The van der Waals surface area contributed by atoms with E-state index in [0.717, 1.165) is 26.1 Å². The molecule has 0 aliphatic carbocycles. The number of amides is 2. The molecule has 0 saturated heterocycles. The van der Waals surface area contributed by atoms with Crippen molar-refractivity contribution in [1.29, 1.82) is 0 Å². The first-order valence-electron chi connectivity index (χ1n) is 7.37. The van der Waals surface area contributed by atoms with Crippen LogP contribution in [0.5, 0.6) is 0 Å². The van der Waals surface area contributed by atoms with E-state index in [9.17, 15) is 9.59 Å². The lowest BCUT2D eigenvalue weighted by atomic mass is 10.2. The van der Waals surface area contributed by atoms with Crippen molar-refractivity contribution in [3.8, 4) is 0 Å². The number of carbonyl (C=O) groups is 2. The first-order chi connectivity index (χ1) is 9.40. The summed E-state index contributed by atoms with van der Waals surface area (Å²) in [6, 6.07) is -0.291. The smallest absolute Gasteiger partial charge is 0.323 e. The van der Waals surface area contributed by atoms with E-state index in [1.54, 1.807) is 0 Å². The van der Waals surface area contributed by atoms with Crippen LogP contribution >= 0.6 is 0 Å². The van der Waals surface area contributed by atoms with Gasteiger partial charge in [-0.15, -0.1) is 0 Å². The highest BCUT2D eigenvalue weighted by atomic mass is 16.4. The highest BCUT2D eigenvalue weighted by molar-refractivity contribution is 5.80. The molecule has 6 heteroatoms. The number of hydrogen-bond donors (Lipinski definition) is 2. The van der Waals surface area contributed by atoms with Crippen molar-refractivity contribution in [1.82, 2.24) is 15.1 Å². The van der Waals surface area contributed by atoms with E-state index in [4.69, 9.17) is 5.11 Å². The molecule has 0 spiro atoms. The second-order valence-corrected chi connectivity index (χ2v) is 5.28. The van der Waals surface area contributed by atoms with Gasteiger partial charge in [-0.05, 0) is 32.0 Å². The minimum Gasteiger partial charge on any atom is -0.480 e. The fourth-order valence-corrected chi connectivity index (χ4v) is 1.97. The fourth-order valence-electron chi connectivity index (χ4n) is 1.97. The van der Waals surface area contributed by atoms with E-state index in [1.165, 1.54) is 4.90 Å². The van der Waals surface area contributed by atoms with Crippen molar-refractivity contribution in [2.45, 2.75) is 34.1 Å². The Balaban J connectivity index is 4.09. The summed E-state index contributed by atoms with van der Waals surface area (Å²) >= 11 is 0. The molecule has 0 bridgehead atoms. The average Bonchev–Trinajstić information content (AvgIpc) is 2.36. The molecule has 6 nitrogen and oxygen atoms in total. The Morgan fingerprint density at radius 1 is 1.20 bits per heavy atom. The van der Waals surface area contributed by atoms with E-state index < -0.39 is 5.97 Å². The predicted molar refractivity (Wildman–Crippen MR) is 79.9 cm³/mol. The summed E-state index contributed by atoms with van der Waals surface area (Å²) in [5.41, 5.74) is 0. The fraction of sp³-hybridized carbons (Fsp3) is 0.857. The van der Waals surface area contributed by atoms with Crippen molar-refractivity contribution in [3.05, 3.63) is 0 Å². The minimum atomic E-state index is -0.982. The summed E-state index contributed by atoms with van der Waals surface area (Å²) in [5.74, 6) is -0.736. The molecule has 118 valence electrons. The third-order valence-corrected chi connectivity index (χ3v) is 3.02. The number of hydrogen-bond acceptors (Lipinski definition) is 3. The second-order valence-electron chi connectivity index (χ2n) is 5.28. The second kappa shape index (κ2) is 10.5. The van der Waals surface area contributed by atoms with Crippen molar-refractivity contribution < 1.29 is 14.7 Å². The Kier molecular flexibility index (Phi) is 9.80. The van der Waals surface area contributed by atoms with Crippen LogP contribution in [0.4, 0.5) is 4.79 Å². The molecule has 20 heavy (non-hydrogen) atoms. The van der Waals surface area contributed by atoms with Crippen molar-refractivity contribution in [2.24, 2.45) is 5.92 Å². The van der Waals surface area contributed by atoms with Crippen LogP contribution in [0.2, 0.25) is 0 Å². The normalized spacial score (nSPS) is 10.9. The van der Waals surface area contributed by atoms with Crippen molar-refractivity contribution in [3.63, 3.8) is 0 Å². The van der Waals surface area contributed by atoms with Crippen LogP contribution in [0.25, 0.3) is 0 Å². The van der Waals surface area contributed by atoms with Crippen LogP contribution in [0.15, 0.2) is 0 Å². The Morgan fingerprint density at radius 2 is 1.80 bits per heavy atom. The highest BCUT2D eigenvalue weighted by Crippen LogP contribution is 1.99. The molecule has 0 unspecified atom stereocenters. The van der Waals surface area contributed by atoms with Gasteiger partial charge in [-0.2, -0.15) is 0 Å². The summed E-state index contributed by atoms with van der Waals surface area (Å²) in [6.45, 7) is 11.9. The van der Waals surface area contributed by atoms with Crippen molar-refractivity contribution >= 4 is 12.0 Å². The Morgan fingerprint density at radius 3 is 2.25 bits per heavy atom.